The highest BCUT2D eigenvalue weighted by molar-refractivity contribution is 5.93. The lowest BCUT2D eigenvalue weighted by Crippen LogP contribution is -2.48. The summed E-state index contributed by atoms with van der Waals surface area (Å²) in [6.07, 6.45) is -3.13. The third-order valence-corrected chi connectivity index (χ3v) is 5.08. The number of fused-ring (bicyclic) bond motifs is 1. The number of aliphatic hydroxyl groups excluding tert-OH is 2. The average Bonchev–Trinajstić information content (AvgIpc) is 3.14. The lowest BCUT2D eigenvalue weighted by Gasteiger charge is -2.35. The molecule has 2 aromatic rings. The Bertz CT molecular complexity index is 960. The van der Waals surface area contributed by atoms with Crippen LogP contribution in [0.5, 0.6) is 0 Å². The van der Waals surface area contributed by atoms with E-state index < -0.39 is 47.2 Å². The fourth-order valence-corrected chi connectivity index (χ4v) is 3.52. The van der Waals surface area contributed by atoms with E-state index in [0.29, 0.717) is 0 Å². The van der Waals surface area contributed by atoms with E-state index in [-0.39, 0.29) is 17.1 Å². The van der Waals surface area contributed by atoms with Crippen molar-refractivity contribution in [3.8, 4) is 0 Å². The van der Waals surface area contributed by atoms with Crippen LogP contribution in [0.1, 0.15) is 47.8 Å². The molecule has 0 saturated carbocycles. The molecule has 0 aromatic carbocycles. The lowest BCUT2D eigenvalue weighted by molar-refractivity contribution is -0.153. The van der Waals surface area contributed by atoms with Crippen molar-refractivity contribution in [3.05, 3.63) is 16.7 Å². The number of aromatic amines is 1. The molecule has 3 rings (SSSR count). The zero-order valence-corrected chi connectivity index (χ0v) is 19.0. The van der Waals surface area contributed by atoms with Crippen LogP contribution < -0.4 is 5.56 Å². The second-order valence-electron chi connectivity index (χ2n) is 9.36. The Morgan fingerprint density at radius 1 is 1.34 bits per heavy atom. The number of nitrogens with zero attached hydrogens (tertiary/aromatic N) is 4. The molecule has 160 valence electrons. The highest BCUT2D eigenvalue weighted by Gasteiger charge is 2.52. The standard InChI is InChI=1S/C18H29N5O5Si/c1-17(2,3)12(25)11-10(28-18(4,5)6)9(24)15(27-11)23-7-19-8-13(23)20-16(22-29)21-14(8)26/h7,9-12,15,24-25H,29H2,1-6H3,(H,20,21,26)/t9-,10+,11+,12?,15-/m1/s1. The van der Waals surface area contributed by atoms with Crippen LogP contribution in [-0.2, 0) is 9.47 Å². The number of imidazole rings is 1. The van der Waals surface area contributed by atoms with Crippen molar-refractivity contribution in [1.82, 2.24) is 19.5 Å². The van der Waals surface area contributed by atoms with Crippen LogP contribution in [-0.4, -0.2) is 69.8 Å². The van der Waals surface area contributed by atoms with Crippen LogP contribution in [0.3, 0.4) is 0 Å². The number of aromatic nitrogens is 4. The number of aliphatic hydroxyl groups is 2. The predicted molar refractivity (Wildman–Crippen MR) is 109 cm³/mol. The van der Waals surface area contributed by atoms with Gasteiger partial charge in [0, 0.05) is 0 Å². The van der Waals surface area contributed by atoms with E-state index in [2.05, 4.69) is 19.6 Å². The molecule has 3 heterocycles. The Kier molecular flexibility index (Phi) is 5.64. The molecule has 29 heavy (non-hydrogen) atoms. The van der Waals surface area contributed by atoms with Gasteiger partial charge in [0.15, 0.2) is 17.4 Å². The summed E-state index contributed by atoms with van der Waals surface area (Å²) in [6, 6.07) is 0. The van der Waals surface area contributed by atoms with Gasteiger partial charge in [0.2, 0.25) is 5.95 Å². The van der Waals surface area contributed by atoms with E-state index in [9.17, 15) is 15.0 Å². The number of ether oxygens (including phenoxy) is 2. The van der Waals surface area contributed by atoms with Crippen molar-refractivity contribution in [2.24, 2.45) is 10.0 Å². The van der Waals surface area contributed by atoms with Crippen molar-refractivity contribution in [3.63, 3.8) is 0 Å². The number of nitrogens with one attached hydrogen (secondary N) is 1. The Morgan fingerprint density at radius 2 is 2.00 bits per heavy atom. The van der Waals surface area contributed by atoms with Crippen LogP contribution in [0.4, 0.5) is 5.95 Å². The smallest absolute Gasteiger partial charge is 0.280 e. The maximum Gasteiger partial charge on any atom is 0.280 e. The average molecular weight is 424 g/mol. The number of rotatable bonds is 4. The van der Waals surface area contributed by atoms with E-state index in [1.807, 2.05) is 41.5 Å². The fraction of sp³-hybridized carbons (Fsp3) is 0.722. The normalized spacial score (nSPS) is 26.8. The summed E-state index contributed by atoms with van der Waals surface area (Å²) in [6.45, 7) is 11.3. The third-order valence-electron chi connectivity index (χ3n) is 4.78. The summed E-state index contributed by atoms with van der Waals surface area (Å²) in [5.41, 5.74) is -1.14. The Morgan fingerprint density at radius 3 is 2.55 bits per heavy atom. The van der Waals surface area contributed by atoms with Crippen LogP contribution >= 0.6 is 0 Å². The molecule has 0 spiro atoms. The number of H-pyrrole nitrogens is 1. The van der Waals surface area contributed by atoms with Gasteiger partial charge in [-0.1, -0.05) is 20.8 Å². The molecule has 1 aliphatic heterocycles. The number of hydrogen-bond acceptors (Lipinski definition) is 8. The fourth-order valence-electron chi connectivity index (χ4n) is 3.37. The molecule has 0 bridgehead atoms. The summed E-state index contributed by atoms with van der Waals surface area (Å²) in [4.78, 5) is 23.2. The molecule has 3 N–H and O–H groups in total. The van der Waals surface area contributed by atoms with Crippen molar-refractivity contribution >= 4 is 27.1 Å². The number of hydrogen-bond donors (Lipinski definition) is 3. The second-order valence-corrected chi connectivity index (χ2v) is 9.68. The molecule has 1 fully saturated rings. The molecule has 1 aliphatic rings. The summed E-state index contributed by atoms with van der Waals surface area (Å²) >= 11 is 0. The molecular weight excluding hydrogens is 394 g/mol. The van der Waals surface area contributed by atoms with E-state index in [1.54, 1.807) is 0 Å². The van der Waals surface area contributed by atoms with Crippen LogP contribution in [0, 0.1) is 5.41 Å². The second kappa shape index (κ2) is 7.47. The Hall–Kier alpha value is -1.79. The highest BCUT2D eigenvalue weighted by Crippen LogP contribution is 2.39. The Labute approximate surface area is 171 Å². The summed E-state index contributed by atoms with van der Waals surface area (Å²) < 4.78 is 17.6. The lowest BCUT2D eigenvalue weighted by atomic mass is 9.84. The predicted octanol–water partition coefficient (Wildman–Crippen LogP) is 0.417. The molecular formula is C18H29N5O5Si. The first kappa shape index (κ1) is 21.9. The largest absolute Gasteiger partial charge is 0.390 e. The summed E-state index contributed by atoms with van der Waals surface area (Å²) in [7, 11) is 1.30. The summed E-state index contributed by atoms with van der Waals surface area (Å²) in [5.74, 6) is 0.156. The van der Waals surface area contributed by atoms with Gasteiger partial charge in [0.1, 0.15) is 28.3 Å². The molecule has 0 radical (unpaired) electrons. The molecule has 0 amide bonds. The molecule has 10 nitrogen and oxygen atoms in total. The quantitative estimate of drug-likeness (QED) is 0.606. The van der Waals surface area contributed by atoms with Crippen molar-refractivity contribution < 1.29 is 19.7 Å². The van der Waals surface area contributed by atoms with Gasteiger partial charge in [0.25, 0.3) is 5.56 Å². The van der Waals surface area contributed by atoms with Crippen molar-refractivity contribution in [1.29, 1.82) is 0 Å². The van der Waals surface area contributed by atoms with Crippen molar-refractivity contribution in [2.75, 3.05) is 0 Å². The van der Waals surface area contributed by atoms with E-state index >= 15 is 0 Å². The highest BCUT2D eigenvalue weighted by atomic mass is 28.1. The SMILES string of the molecule is CC(C)(C)O[C@H]1[C@@H](O)[C@H](n2cnc3c(=O)[nH]c(N=[SiH2])nc32)O[C@@H]1C(O)C(C)(C)C. The molecule has 5 atom stereocenters. The van der Waals surface area contributed by atoms with Gasteiger partial charge in [-0.05, 0) is 26.2 Å². The first-order valence-corrected chi connectivity index (χ1v) is 10.1. The summed E-state index contributed by atoms with van der Waals surface area (Å²) in [5, 5.41) is 22.0. The zero-order chi connectivity index (χ0) is 21.7. The van der Waals surface area contributed by atoms with Gasteiger partial charge in [-0.3, -0.25) is 19.0 Å². The van der Waals surface area contributed by atoms with E-state index in [4.69, 9.17) is 9.47 Å². The monoisotopic (exact) mass is 423 g/mol. The maximum atomic E-state index is 12.2. The third kappa shape index (κ3) is 4.24. The van der Waals surface area contributed by atoms with Gasteiger partial charge < -0.3 is 19.7 Å². The van der Waals surface area contributed by atoms with Crippen molar-refractivity contribution in [2.45, 2.75) is 77.8 Å². The van der Waals surface area contributed by atoms with Crippen LogP contribution in [0.15, 0.2) is 15.8 Å². The molecule has 0 aliphatic carbocycles. The van der Waals surface area contributed by atoms with Gasteiger partial charge in [-0.2, -0.15) is 4.98 Å². The van der Waals surface area contributed by atoms with Gasteiger partial charge in [0.05, 0.1) is 18.0 Å². The Balaban J connectivity index is 2.06. The minimum atomic E-state index is -1.11. The first-order valence-electron chi connectivity index (χ1n) is 9.46. The van der Waals surface area contributed by atoms with E-state index in [0.717, 1.165) is 0 Å². The first-order chi connectivity index (χ1) is 13.3. The van der Waals surface area contributed by atoms with Gasteiger partial charge in [-0.25, -0.2) is 4.98 Å². The molecule has 1 unspecified atom stereocenters. The maximum absolute atomic E-state index is 12.2. The molecule has 11 heteroatoms. The van der Waals surface area contributed by atoms with Gasteiger partial charge in [-0.15, -0.1) is 0 Å². The van der Waals surface area contributed by atoms with E-state index in [1.165, 1.54) is 20.9 Å². The van der Waals surface area contributed by atoms with Crippen LogP contribution in [0.25, 0.3) is 11.2 Å². The minimum absolute atomic E-state index is 0.115. The zero-order valence-electron chi connectivity index (χ0n) is 17.6. The van der Waals surface area contributed by atoms with Gasteiger partial charge >= 0.3 is 0 Å². The molecule has 1 saturated heterocycles. The minimum Gasteiger partial charge on any atom is -0.390 e. The topological polar surface area (TPSA) is 135 Å². The molecule has 2 aromatic heterocycles. The van der Waals surface area contributed by atoms with Crippen LogP contribution in [0.2, 0.25) is 0 Å².